The van der Waals surface area contributed by atoms with E-state index in [0.29, 0.717) is 17.0 Å². The Hall–Kier alpha value is -5.80. The quantitative estimate of drug-likeness (QED) is 0.0944. The number of benzene rings is 4. The van der Waals surface area contributed by atoms with Crippen LogP contribution in [0.1, 0.15) is 35.2 Å². The van der Waals surface area contributed by atoms with Crippen LogP contribution < -0.4 is 10.1 Å². The second kappa shape index (κ2) is 16.9. The second-order valence-corrected chi connectivity index (χ2v) is 11.7. The number of halogens is 1. The minimum Gasteiger partial charge on any atom is -0.489 e. The molecule has 246 valence electrons. The minimum atomic E-state index is -0.713. The molecule has 3 amide bonds. The van der Waals surface area contributed by atoms with Crippen LogP contribution in [0.4, 0.5) is 4.39 Å². The molecule has 9 heteroatoms. The standard InChI is InChI=1S/C40H34FN3O4S/c1-3-5-16-33(4-2)44-39(47)35(25-28-19-23-34(24-20-28)48-26-29-17-21-32(41)22-18-29)38(46)43-40(44)49-27-36(45)42-37(30-12-8-6-9-13-30)31-14-10-7-11-15-31/h3-25,37H,1,26-27H2,2H3,(H,42,45)/b16-5-,33-4+,35-25+. The summed E-state index contributed by atoms with van der Waals surface area (Å²) in [6.45, 7) is 5.73. The minimum absolute atomic E-state index is 0.0876. The number of allylic oxidation sites excluding steroid dienone is 4. The van der Waals surface area contributed by atoms with E-state index in [4.69, 9.17) is 4.74 Å². The van der Waals surface area contributed by atoms with Crippen molar-refractivity contribution in [3.63, 3.8) is 0 Å². The molecule has 4 aromatic rings. The van der Waals surface area contributed by atoms with Crippen LogP contribution in [0.2, 0.25) is 0 Å². The number of hydrogen-bond donors (Lipinski definition) is 1. The third-order valence-electron chi connectivity index (χ3n) is 7.42. The lowest BCUT2D eigenvalue weighted by atomic mass is 9.99. The fourth-order valence-corrected chi connectivity index (χ4v) is 5.78. The molecule has 0 bridgehead atoms. The average molecular weight is 672 g/mol. The maximum atomic E-state index is 13.9. The number of carbonyl (C=O) groups is 3. The molecule has 0 spiro atoms. The third-order valence-corrected chi connectivity index (χ3v) is 8.36. The number of amidine groups is 1. The van der Waals surface area contributed by atoms with Gasteiger partial charge < -0.3 is 10.1 Å². The van der Waals surface area contributed by atoms with Crippen LogP contribution >= 0.6 is 11.8 Å². The Labute approximate surface area is 289 Å². The molecule has 0 saturated heterocycles. The van der Waals surface area contributed by atoms with Gasteiger partial charge in [0.15, 0.2) is 5.17 Å². The van der Waals surface area contributed by atoms with Gasteiger partial charge in [0, 0.05) is 5.70 Å². The monoisotopic (exact) mass is 671 g/mol. The number of nitrogens with zero attached hydrogens (tertiary/aromatic N) is 2. The van der Waals surface area contributed by atoms with Crippen LogP contribution in [0.3, 0.4) is 0 Å². The van der Waals surface area contributed by atoms with Crippen molar-refractivity contribution in [3.8, 4) is 5.75 Å². The zero-order chi connectivity index (χ0) is 34.6. The summed E-state index contributed by atoms with van der Waals surface area (Å²) in [5.41, 5.74) is 3.57. The van der Waals surface area contributed by atoms with E-state index in [1.165, 1.54) is 23.1 Å². The molecular weight excluding hydrogens is 638 g/mol. The van der Waals surface area contributed by atoms with Crippen LogP contribution in [0, 0.1) is 5.82 Å². The Morgan fingerprint density at radius 3 is 2.16 bits per heavy atom. The van der Waals surface area contributed by atoms with E-state index in [2.05, 4.69) is 16.9 Å². The van der Waals surface area contributed by atoms with Crippen molar-refractivity contribution >= 4 is 40.7 Å². The zero-order valence-electron chi connectivity index (χ0n) is 26.8. The molecule has 0 aromatic heterocycles. The van der Waals surface area contributed by atoms with Crippen molar-refractivity contribution in [2.45, 2.75) is 19.6 Å². The number of ether oxygens (including phenoxy) is 1. The summed E-state index contributed by atoms with van der Waals surface area (Å²) >= 11 is 1.00. The van der Waals surface area contributed by atoms with Gasteiger partial charge in [-0.25, -0.2) is 4.39 Å². The van der Waals surface area contributed by atoms with Gasteiger partial charge >= 0.3 is 0 Å². The highest BCUT2D eigenvalue weighted by atomic mass is 32.2. The van der Waals surface area contributed by atoms with Crippen molar-refractivity contribution in [2.75, 3.05) is 5.75 Å². The summed E-state index contributed by atoms with van der Waals surface area (Å²) < 4.78 is 19.0. The average Bonchev–Trinajstić information content (AvgIpc) is 3.13. The molecule has 1 aliphatic heterocycles. The molecule has 1 aliphatic rings. The van der Waals surface area contributed by atoms with E-state index in [0.717, 1.165) is 28.5 Å². The third kappa shape index (κ3) is 9.18. The van der Waals surface area contributed by atoms with Crippen LogP contribution in [-0.2, 0) is 21.0 Å². The van der Waals surface area contributed by atoms with Crippen molar-refractivity contribution in [3.05, 3.63) is 179 Å². The summed E-state index contributed by atoms with van der Waals surface area (Å²) in [6.07, 6.45) is 8.13. The molecule has 1 N–H and O–H groups in total. The number of hydrogen-bond acceptors (Lipinski definition) is 5. The highest BCUT2D eigenvalue weighted by Crippen LogP contribution is 2.27. The van der Waals surface area contributed by atoms with E-state index >= 15 is 0 Å². The van der Waals surface area contributed by atoms with E-state index in [1.54, 1.807) is 67.6 Å². The molecule has 0 atom stereocenters. The first-order valence-corrected chi connectivity index (χ1v) is 16.5. The molecule has 0 saturated carbocycles. The summed E-state index contributed by atoms with van der Waals surface area (Å²) in [7, 11) is 0. The number of carbonyl (C=O) groups excluding carboxylic acids is 3. The maximum Gasteiger partial charge on any atom is 0.285 e. The smallest absolute Gasteiger partial charge is 0.285 e. The van der Waals surface area contributed by atoms with Gasteiger partial charge in [0.25, 0.3) is 11.8 Å². The first kappa shape index (κ1) is 34.5. The van der Waals surface area contributed by atoms with Gasteiger partial charge in [-0.1, -0.05) is 121 Å². The van der Waals surface area contributed by atoms with Gasteiger partial charge in [0.05, 0.1) is 11.8 Å². The molecule has 49 heavy (non-hydrogen) atoms. The second-order valence-electron chi connectivity index (χ2n) is 10.8. The van der Waals surface area contributed by atoms with Gasteiger partial charge in [-0.15, -0.1) is 0 Å². The first-order valence-electron chi connectivity index (χ1n) is 15.5. The van der Waals surface area contributed by atoms with E-state index < -0.39 is 11.8 Å². The molecule has 1 heterocycles. The Balaban J connectivity index is 1.34. The molecule has 0 aliphatic carbocycles. The summed E-state index contributed by atoms with van der Waals surface area (Å²) in [4.78, 5) is 46.2. The van der Waals surface area contributed by atoms with Crippen molar-refractivity contribution in [2.24, 2.45) is 4.99 Å². The van der Waals surface area contributed by atoms with Crippen molar-refractivity contribution in [1.82, 2.24) is 10.2 Å². The predicted octanol–water partition coefficient (Wildman–Crippen LogP) is 7.80. The Morgan fingerprint density at radius 1 is 0.939 bits per heavy atom. The van der Waals surface area contributed by atoms with Crippen LogP contribution in [0.25, 0.3) is 6.08 Å². The van der Waals surface area contributed by atoms with Gasteiger partial charge in [-0.2, -0.15) is 4.99 Å². The number of thioether (sulfide) groups is 1. The maximum absolute atomic E-state index is 13.9. The predicted molar refractivity (Wildman–Crippen MR) is 193 cm³/mol. The van der Waals surface area contributed by atoms with Crippen molar-refractivity contribution < 1.29 is 23.5 Å². The number of rotatable bonds is 12. The zero-order valence-corrected chi connectivity index (χ0v) is 27.6. The molecule has 0 fully saturated rings. The largest absolute Gasteiger partial charge is 0.489 e. The summed E-state index contributed by atoms with van der Waals surface area (Å²) in [5.74, 6) is -1.43. The summed E-state index contributed by atoms with van der Waals surface area (Å²) in [5, 5.41) is 3.18. The fourth-order valence-electron chi connectivity index (χ4n) is 4.97. The van der Waals surface area contributed by atoms with Gasteiger partial charge in [-0.05, 0) is 65.6 Å². The lowest BCUT2D eigenvalue weighted by Gasteiger charge is -2.28. The fraction of sp³-hybridized carbons (Fsp3) is 0.100. The summed E-state index contributed by atoms with van der Waals surface area (Å²) in [6, 6.07) is 31.8. The van der Waals surface area contributed by atoms with Crippen molar-refractivity contribution in [1.29, 1.82) is 0 Å². The van der Waals surface area contributed by atoms with E-state index in [1.807, 2.05) is 60.7 Å². The number of nitrogens with one attached hydrogen (secondary N) is 1. The number of amides is 3. The van der Waals surface area contributed by atoms with Crippen LogP contribution in [0.15, 0.2) is 156 Å². The highest BCUT2D eigenvalue weighted by molar-refractivity contribution is 8.14. The van der Waals surface area contributed by atoms with Gasteiger partial charge in [0.1, 0.15) is 23.7 Å². The Morgan fingerprint density at radius 2 is 1.57 bits per heavy atom. The molecule has 0 radical (unpaired) electrons. The lowest BCUT2D eigenvalue weighted by Crippen LogP contribution is -2.42. The highest BCUT2D eigenvalue weighted by Gasteiger charge is 2.35. The van der Waals surface area contributed by atoms with E-state index in [9.17, 15) is 18.8 Å². The first-order chi connectivity index (χ1) is 23.9. The molecule has 4 aromatic carbocycles. The van der Waals surface area contributed by atoms with Crippen LogP contribution in [0.5, 0.6) is 5.75 Å². The van der Waals surface area contributed by atoms with Gasteiger partial charge in [0.2, 0.25) is 5.91 Å². The molecular formula is C40H34FN3O4S. The SMILES string of the molecule is C=C/C=C\C(=C/C)N1C(=O)/C(=C/c2ccc(OCc3ccc(F)cc3)cc2)C(=O)N=C1SCC(=O)NC(c1ccccc1)c1ccccc1. The lowest BCUT2D eigenvalue weighted by molar-refractivity contribution is -0.126. The Bertz CT molecular complexity index is 1880. The normalized spacial score (nSPS) is 14.3. The molecule has 7 nitrogen and oxygen atoms in total. The van der Waals surface area contributed by atoms with Gasteiger partial charge in [-0.3, -0.25) is 19.3 Å². The number of aliphatic imine (C=N–C) groups is 1. The van der Waals surface area contributed by atoms with E-state index in [-0.39, 0.29) is 40.9 Å². The molecule has 5 rings (SSSR count). The topological polar surface area (TPSA) is 88.1 Å². The Kier molecular flexibility index (Phi) is 11.9. The van der Waals surface area contributed by atoms with Crippen LogP contribution in [-0.4, -0.2) is 33.5 Å². The molecule has 0 unspecified atom stereocenters.